The highest BCUT2D eigenvalue weighted by Gasteiger charge is 2.26. The zero-order valence-corrected chi connectivity index (χ0v) is 15.2. The van der Waals surface area contributed by atoms with E-state index in [0.29, 0.717) is 36.8 Å². The van der Waals surface area contributed by atoms with Crippen molar-refractivity contribution in [2.75, 3.05) is 26.2 Å². The van der Waals surface area contributed by atoms with Gasteiger partial charge in [-0.2, -0.15) is 0 Å². The van der Waals surface area contributed by atoms with Gasteiger partial charge in [-0.1, -0.05) is 35.4 Å². The van der Waals surface area contributed by atoms with Gasteiger partial charge < -0.3 is 9.80 Å². The number of amides is 2. The first-order valence-electron chi connectivity index (χ1n) is 8.37. The van der Waals surface area contributed by atoms with E-state index >= 15 is 0 Å². The third-order valence-corrected chi connectivity index (χ3v) is 4.78. The van der Waals surface area contributed by atoms with Crippen LogP contribution in [0.15, 0.2) is 42.5 Å². The average molecular weight is 357 g/mol. The standard InChI is InChI=1S/C20H21ClN2O2/c1-14-6-7-15(2)18(12-14)20(25)23-10-8-22(9-11-23)19(24)16-4-3-5-17(21)13-16/h3-7,12-13H,8-11H2,1-2H3. The molecular formula is C20H21ClN2O2. The molecule has 0 atom stereocenters. The maximum atomic E-state index is 12.8. The summed E-state index contributed by atoms with van der Waals surface area (Å²) in [6, 6.07) is 12.9. The van der Waals surface area contributed by atoms with Crippen LogP contribution in [-0.2, 0) is 0 Å². The number of hydrogen-bond donors (Lipinski definition) is 0. The van der Waals surface area contributed by atoms with Crippen LogP contribution in [0.25, 0.3) is 0 Å². The minimum atomic E-state index is -0.0404. The first-order chi connectivity index (χ1) is 12.0. The lowest BCUT2D eigenvalue weighted by Gasteiger charge is -2.35. The molecule has 0 bridgehead atoms. The minimum absolute atomic E-state index is 0.0380. The van der Waals surface area contributed by atoms with Crippen molar-refractivity contribution in [1.82, 2.24) is 9.80 Å². The highest BCUT2D eigenvalue weighted by atomic mass is 35.5. The molecule has 1 saturated heterocycles. The summed E-state index contributed by atoms with van der Waals surface area (Å²) in [7, 11) is 0. The predicted octanol–water partition coefficient (Wildman–Crippen LogP) is 3.56. The summed E-state index contributed by atoms with van der Waals surface area (Å²) in [6.07, 6.45) is 0. The van der Waals surface area contributed by atoms with E-state index in [2.05, 4.69) is 0 Å². The van der Waals surface area contributed by atoms with E-state index in [1.807, 2.05) is 36.9 Å². The first-order valence-corrected chi connectivity index (χ1v) is 8.75. The van der Waals surface area contributed by atoms with E-state index in [-0.39, 0.29) is 11.8 Å². The molecule has 1 fully saturated rings. The Kier molecular flexibility index (Phi) is 5.09. The van der Waals surface area contributed by atoms with E-state index in [4.69, 9.17) is 11.6 Å². The zero-order chi connectivity index (χ0) is 18.0. The highest BCUT2D eigenvalue weighted by Crippen LogP contribution is 2.17. The summed E-state index contributed by atoms with van der Waals surface area (Å²) in [5.41, 5.74) is 3.38. The van der Waals surface area contributed by atoms with Gasteiger partial charge in [0.2, 0.25) is 0 Å². The number of hydrogen-bond acceptors (Lipinski definition) is 2. The first kappa shape index (κ1) is 17.5. The predicted molar refractivity (Wildman–Crippen MR) is 99.2 cm³/mol. The second-order valence-corrected chi connectivity index (χ2v) is 6.85. The molecule has 0 aliphatic carbocycles. The monoisotopic (exact) mass is 356 g/mol. The maximum absolute atomic E-state index is 12.8. The van der Waals surface area contributed by atoms with E-state index < -0.39 is 0 Å². The van der Waals surface area contributed by atoms with Crippen molar-refractivity contribution in [2.45, 2.75) is 13.8 Å². The Labute approximate surface area is 153 Å². The summed E-state index contributed by atoms with van der Waals surface area (Å²) in [4.78, 5) is 28.9. The molecule has 0 unspecified atom stereocenters. The van der Waals surface area contributed by atoms with Crippen molar-refractivity contribution in [3.8, 4) is 0 Å². The molecule has 130 valence electrons. The summed E-state index contributed by atoms with van der Waals surface area (Å²) >= 11 is 5.96. The SMILES string of the molecule is Cc1ccc(C)c(C(=O)N2CCN(C(=O)c3cccc(Cl)c3)CC2)c1. The van der Waals surface area contributed by atoms with Crippen LogP contribution in [0, 0.1) is 13.8 Å². The van der Waals surface area contributed by atoms with Gasteiger partial charge in [0, 0.05) is 42.3 Å². The van der Waals surface area contributed by atoms with Gasteiger partial charge in [0.05, 0.1) is 0 Å². The van der Waals surface area contributed by atoms with Gasteiger partial charge in [-0.15, -0.1) is 0 Å². The fourth-order valence-electron chi connectivity index (χ4n) is 3.05. The number of carbonyl (C=O) groups is 2. The number of halogens is 1. The zero-order valence-electron chi connectivity index (χ0n) is 14.5. The van der Waals surface area contributed by atoms with Crippen molar-refractivity contribution < 1.29 is 9.59 Å². The number of benzene rings is 2. The molecule has 4 nitrogen and oxygen atoms in total. The molecule has 0 N–H and O–H groups in total. The van der Waals surface area contributed by atoms with Gasteiger partial charge in [-0.05, 0) is 43.7 Å². The number of carbonyl (C=O) groups excluding carboxylic acids is 2. The summed E-state index contributed by atoms with van der Waals surface area (Å²) in [5, 5.41) is 0.551. The lowest BCUT2D eigenvalue weighted by molar-refractivity contribution is 0.0535. The number of piperazine rings is 1. The molecule has 0 spiro atoms. The second-order valence-electron chi connectivity index (χ2n) is 6.41. The fraction of sp³-hybridized carbons (Fsp3) is 0.300. The molecule has 0 radical (unpaired) electrons. The van der Waals surface area contributed by atoms with Gasteiger partial charge in [0.15, 0.2) is 0 Å². The van der Waals surface area contributed by atoms with Gasteiger partial charge in [0.25, 0.3) is 11.8 Å². The average Bonchev–Trinajstić information content (AvgIpc) is 2.62. The van der Waals surface area contributed by atoms with Crippen molar-refractivity contribution in [1.29, 1.82) is 0 Å². The topological polar surface area (TPSA) is 40.6 Å². The van der Waals surface area contributed by atoms with Crippen LogP contribution in [0.2, 0.25) is 5.02 Å². The molecule has 0 saturated carbocycles. The smallest absolute Gasteiger partial charge is 0.254 e. The summed E-state index contributed by atoms with van der Waals surface area (Å²) < 4.78 is 0. The molecule has 3 rings (SSSR count). The largest absolute Gasteiger partial charge is 0.335 e. The molecule has 2 amide bonds. The second kappa shape index (κ2) is 7.28. The Morgan fingerprint density at radius 1 is 0.880 bits per heavy atom. The quantitative estimate of drug-likeness (QED) is 0.825. The van der Waals surface area contributed by atoms with E-state index in [1.54, 1.807) is 29.2 Å². The number of nitrogens with zero attached hydrogens (tertiary/aromatic N) is 2. The molecular weight excluding hydrogens is 336 g/mol. The summed E-state index contributed by atoms with van der Waals surface area (Å²) in [6.45, 7) is 6.07. The van der Waals surface area contributed by atoms with Gasteiger partial charge >= 0.3 is 0 Å². The van der Waals surface area contributed by atoms with Crippen LogP contribution in [0.5, 0.6) is 0 Å². The molecule has 1 aliphatic heterocycles. The molecule has 25 heavy (non-hydrogen) atoms. The van der Waals surface area contributed by atoms with Gasteiger partial charge in [0.1, 0.15) is 0 Å². The van der Waals surface area contributed by atoms with Crippen LogP contribution in [0.3, 0.4) is 0 Å². The van der Waals surface area contributed by atoms with Crippen LogP contribution in [0.1, 0.15) is 31.8 Å². The Morgan fingerprint density at radius 2 is 1.52 bits per heavy atom. The van der Waals surface area contributed by atoms with E-state index in [9.17, 15) is 9.59 Å². The molecule has 1 aliphatic rings. The minimum Gasteiger partial charge on any atom is -0.335 e. The normalized spacial score (nSPS) is 14.5. The molecule has 2 aromatic carbocycles. The van der Waals surface area contributed by atoms with E-state index in [0.717, 1.165) is 16.7 Å². The summed E-state index contributed by atoms with van der Waals surface area (Å²) in [5.74, 6) is -0.00242. The molecule has 0 aromatic heterocycles. The lowest BCUT2D eigenvalue weighted by Crippen LogP contribution is -2.50. The molecule has 2 aromatic rings. The van der Waals surface area contributed by atoms with Crippen LogP contribution in [0.4, 0.5) is 0 Å². The third-order valence-electron chi connectivity index (χ3n) is 4.55. The lowest BCUT2D eigenvalue weighted by atomic mass is 10.0. The molecule has 5 heteroatoms. The van der Waals surface area contributed by atoms with Gasteiger partial charge in [-0.3, -0.25) is 9.59 Å². The maximum Gasteiger partial charge on any atom is 0.254 e. The third kappa shape index (κ3) is 3.85. The van der Waals surface area contributed by atoms with Crippen molar-refractivity contribution in [3.05, 3.63) is 69.7 Å². The number of aryl methyl sites for hydroxylation is 2. The van der Waals surface area contributed by atoms with Crippen LogP contribution < -0.4 is 0 Å². The Hall–Kier alpha value is -2.33. The van der Waals surface area contributed by atoms with Crippen molar-refractivity contribution in [2.24, 2.45) is 0 Å². The number of rotatable bonds is 2. The van der Waals surface area contributed by atoms with E-state index in [1.165, 1.54) is 0 Å². The Bertz CT molecular complexity index is 811. The molecule has 1 heterocycles. The Morgan fingerprint density at radius 3 is 2.16 bits per heavy atom. The van der Waals surface area contributed by atoms with Crippen LogP contribution >= 0.6 is 11.6 Å². The van der Waals surface area contributed by atoms with Gasteiger partial charge in [-0.25, -0.2) is 0 Å². The fourth-order valence-corrected chi connectivity index (χ4v) is 3.24. The highest BCUT2D eigenvalue weighted by molar-refractivity contribution is 6.30. The Balaban J connectivity index is 1.66. The van der Waals surface area contributed by atoms with Crippen molar-refractivity contribution >= 4 is 23.4 Å². The van der Waals surface area contributed by atoms with Crippen LogP contribution in [-0.4, -0.2) is 47.8 Å². The van der Waals surface area contributed by atoms with Crippen molar-refractivity contribution in [3.63, 3.8) is 0 Å².